The van der Waals surface area contributed by atoms with Gasteiger partial charge in [-0.3, -0.25) is 0 Å². The van der Waals surface area contributed by atoms with Crippen molar-refractivity contribution in [2.24, 2.45) is 0 Å². The van der Waals surface area contributed by atoms with Crippen LogP contribution in [-0.4, -0.2) is 47.8 Å². The number of aromatic nitrogens is 1. The highest BCUT2D eigenvalue weighted by Gasteiger charge is 2.31. The monoisotopic (exact) mass is 387 g/mol. The Morgan fingerprint density at radius 1 is 1.15 bits per heavy atom. The lowest BCUT2D eigenvalue weighted by Crippen LogP contribution is -2.50. The number of carbonyl (C=O) groups is 1. The first kappa shape index (κ1) is 18.8. The van der Waals surface area contributed by atoms with E-state index in [1.165, 1.54) is 17.4 Å². The van der Waals surface area contributed by atoms with Crippen molar-refractivity contribution in [2.45, 2.75) is 32.5 Å². The molecule has 0 unspecified atom stereocenters. The Bertz CT molecular complexity index is 806. The zero-order valence-electron chi connectivity index (χ0n) is 14.8. The highest BCUT2D eigenvalue weighted by molar-refractivity contribution is 7.22. The predicted octanol–water partition coefficient (Wildman–Crippen LogP) is 4.37. The molecule has 1 aromatic carbocycles. The van der Waals surface area contributed by atoms with Gasteiger partial charge in [0.1, 0.15) is 5.60 Å². The lowest BCUT2D eigenvalue weighted by atomic mass is 10.2. The lowest BCUT2D eigenvalue weighted by molar-refractivity contribution is -0.137. The third-order valence-corrected chi connectivity index (χ3v) is 4.99. The first-order chi connectivity index (χ1) is 12.0. The van der Waals surface area contributed by atoms with Gasteiger partial charge in [-0.2, -0.15) is 13.2 Å². The molecule has 1 fully saturated rings. The number of thiazole rings is 1. The smallest absolute Gasteiger partial charge is 0.416 e. The quantitative estimate of drug-likeness (QED) is 0.729. The van der Waals surface area contributed by atoms with Crippen LogP contribution in [0.25, 0.3) is 10.2 Å². The van der Waals surface area contributed by atoms with E-state index in [1.807, 2.05) is 25.7 Å². The number of benzene rings is 1. The van der Waals surface area contributed by atoms with Gasteiger partial charge in [-0.15, -0.1) is 0 Å². The maximum atomic E-state index is 12.8. The van der Waals surface area contributed by atoms with E-state index in [2.05, 4.69) is 4.98 Å². The molecule has 0 aliphatic carbocycles. The number of fused-ring (bicyclic) bond motifs is 1. The van der Waals surface area contributed by atoms with Gasteiger partial charge in [0.15, 0.2) is 5.13 Å². The Kier molecular flexibility index (Phi) is 4.76. The summed E-state index contributed by atoms with van der Waals surface area (Å²) in [4.78, 5) is 20.1. The van der Waals surface area contributed by atoms with Gasteiger partial charge in [0, 0.05) is 26.2 Å². The minimum atomic E-state index is -4.36. The van der Waals surface area contributed by atoms with E-state index in [4.69, 9.17) is 4.74 Å². The van der Waals surface area contributed by atoms with Crippen molar-refractivity contribution in [2.75, 3.05) is 31.1 Å². The van der Waals surface area contributed by atoms with E-state index in [0.29, 0.717) is 41.5 Å². The van der Waals surface area contributed by atoms with Crippen molar-refractivity contribution in [1.29, 1.82) is 0 Å². The largest absolute Gasteiger partial charge is 0.444 e. The maximum Gasteiger partial charge on any atom is 0.416 e. The summed E-state index contributed by atoms with van der Waals surface area (Å²) in [5.74, 6) is 0. The summed E-state index contributed by atoms with van der Waals surface area (Å²) in [7, 11) is 0. The number of hydrogen-bond acceptors (Lipinski definition) is 5. The van der Waals surface area contributed by atoms with E-state index < -0.39 is 17.3 Å². The van der Waals surface area contributed by atoms with Crippen LogP contribution in [0.4, 0.5) is 23.1 Å². The number of amides is 1. The number of piperazine rings is 1. The number of halogens is 3. The van der Waals surface area contributed by atoms with Crippen LogP contribution in [0.1, 0.15) is 26.3 Å². The Morgan fingerprint density at radius 2 is 1.81 bits per heavy atom. The van der Waals surface area contributed by atoms with E-state index in [0.717, 1.165) is 12.1 Å². The number of rotatable bonds is 1. The van der Waals surface area contributed by atoms with Gasteiger partial charge in [-0.25, -0.2) is 9.78 Å². The van der Waals surface area contributed by atoms with Gasteiger partial charge in [0.05, 0.1) is 15.8 Å². The third-order valence-electron chi connectivity index (χ3n) is 3.91. The number of ether oxygens (including phenoxy) is 1. The van der Waals surface area contributed by atoms with Gasteiger partial charge in [0.25, 0.3) is 0 Å². The SMILES string of the molecule is CC(C)(C)OC(=O)N1CCN(c2nc3ccc(C(F)(F)F)cc3s2)CC1. The van der Waals surface area contributed by atoms with Crippen molar-refractivity contribution in [1.82, 2.24) is 9.88 Å². The van der Waals surface area contributed by atoms with Crippen LogP contribution >= 0.6 is 11.3 Å². The predicted molar refractivity (Wildman–Crippen MR) is 94.6 cm³/mol. The fraction of sp³-hybridized carbons (Fsp3) is 0.529. The number of hydrogen-bond donors (Lipinski definition) is 0. The van der Waals surface area contributed by atoms with Gasteiger partial charge in [-0.05, 0) is 39.0 Å². The second-order valence-electron chi connectivity index (χ2n) is 7.13. The van der Waals surface area contributed by atoms with Crippen LogP contribution in [0, 0.1) is 0 Å². The van der Waals surface area contributed by atoms with Gasteiger partial charge in [-0.1, -0.05) is 11.3 Å². The van der Waals surface area contributed by atoms with Gasteiger partial charge in [0.2, 0.25) is 0 Å². The molecule has 26 heavy (non-hydrogen) atoms. The van der Waals surface area contributed by atoms with E-state index in [-0.39, 0.29) is 6.09 Å². The minimum absolute atomic E-state index is 0.351. The fourth-order valence-corrected chi connectivity index (χ4v) is 3.69. The molecule has 142 valence electrons. The topological polar surface area (TPSA) is 45.7 Å². The van der Waals surface area contributed by atoms with Crippen LogP contribution in [0.2, 0.25) is 0 Å². The molecule has 2 aromatic rings. The molecule has 3 rings (SSSR count). The van der Waals surface area contributed by atoms with E-state index in [9.17, 15) is 18.0 Å². The fourth-order valence-electron chi connectivity index (χ4n) is 2.63. The van der Waals surface area contributed by atoms with Crippen LogP contribution in [0.15, 0.2) is 18.2 Å². The normalized spacial score (nSPS) is 16.2. The zero-order valence-corrected chi connectivity index (χ0v) is 15.6. The summed E-state index contributed by atoms with van der Waals surface area (Å²) in [6.45, 7) is 7.54. The molecule has 0 radical (unpaired) electrons. The van der Waals surface area contributed by atoms with E-state index in [1.54, 1.807) is 4.90 Å². The molecule has 0 atom stereocenters. The summed E-state index contributed by atoms with van der Waals surface area (Å²) >= 11 is 1.23. The molecular formula is C17H20F3N3O2S. The molecular weight excluding hydrogens is 367 g/mol. The second-order valence-corrected chi connectivity index (χ2v) is 8.14. The molecule has 1 aliphatic heterocycles. The molecule has 1 aromatic heterocycles. The molecule has 0 bridgehead atoms. The van der Waals surface area contributed by atoms with Gasteiger partial charge >= 0.3 is 12.3 Å². The number of alkyl halides is 3. The standard InChI is InChI=1S/C17H20F3N3O2S/c1-16(2,3)25-15(24)23-8-6-22(7-9-23)14-21-12-5-4-11(17(18,19)20)10-13(12)26-14/h4-5,10H,6-9H2,1-3H3. The highest BCUT2D eigenvalue weighted by atomic mass is 32.1. The van der Waals surface area contributed by atoms with Crippen LogP contribution in [0.3, 0.4) is 0 Å². The molecule has 1 aliphatic rings. The highest BCUT2D eigenvalue weighted by Crippen LogP contribution is 2.35. The van der Waals surface area contributed by atoms with Crippen LogP contribution in [-0.2, 0) is 10.9 Å². The van der Waals surface area contributed by atoms with Crippen LogP contribution in [0.5, 0.6) is 0 Å². The zero-order chi connectivity index (χ0) is 19.1. The molecule has 1 amide bonds. The first-order valence-electron chi connectivity index (χ1n) is 8.23. The number of nitrogens with zero attached hydrogens (tertiary/aromatic N) is 3. The Hall–Kier alpha value is -2.03. The number of carbonyl (C=O) groups excluding carboxylic acids is 1. The van der Waals surface area contributed by atoms with E-state index >= 15 is 0 Å². The van der Waals surface area contributed by atoms with Crippen molar-refractivity contribution in [3.05, 3.63) is 23.8 Å². The molecule has 0 N–H and O–H groups in total. The lowest BCUT2D eigenvalue weighted by Gasteiger charge is -2.35. The average Bonchev–Trinajstić information content (AvgIpc) is 2.95. The molecule has 0 saturated carbocycles. The molecule has 5 nitrogen and oxygen atoms in total. The second kappa shape index (κ2) is 6.61. The average molecular weight is 387 g/mol. The maximum absolute atomic E-state index is 12.8. The summed E-state index contributed by atoms with van der Waals surface area (Å²) in [5, 5.41) is 0.670. The summed E-state index contributed by atoms with van der Waals surface area (Å²) < 4.78 is 44.4. The minimum Gasteiger partial charge on any atom is -0.444 e. The molecule has 1 saturated heterocycles. The third kappa shape index (κ3) is 4.20. The van der Waals surface area contributed by atoms with Crippen molar-refractivity contribution in [3.8, 4) is 0 Å². The molecule has 9 heteroatoms. The summed E-state index contributed by atoms with van der Waals surface area (Å²) in [5.41, 5.74) is -0.667. The molecule has 2 heterocycles. The van der Waals surface area contributed by atoms with Gasteiger partial charge < -0.3 is 14.5 Å². The summed E-state index contributed by atoms with van der Waals surface area (Å²) in [6.07, 6.45) is -4.71. The van der Waals surface area contributed by atoms with Crippen molar-refractivity contribution < 1.29 is 22.7 Å². The Morgan fingerprint density at radius 3 is 2.38 bits per heavy atom. The van der Waals surface area contributed by atoms with Crippen molar-refractivity contribution in [3.63, 3.8) is 0 Å². The Balaban J connectivity index is 1.69. The first-order valence-corrected chi connectivity index (χ1v) is 9.05. The molecule has 0 spiro atoms. The Labute approximate surface area is 153 Å². The van der Waals surface area contributed by atoms with Crippen LogP contribution < -0.4 is 4.90 Å². The number of anilines is 1. The summed E-state index contributed by atoms with van der Waals surface area (Å²) in [6, 6.07) is 3.58. The van der Waals surface area contributed by atoms with Crippen molar-refractivity contribution >= 4 is 32.8 Å².